The minimum absolute atomic E-state index is 0.418. The van der Waals surface area contributed by atoms with E-state index >= 15 is 0 Å². The van der Waals surface area contributed by atoms with Crippen LogP contribution >= 0.6 is 0 Å². The lowest BCUT2D eigenvalue weighted by atomic mass is 9.92. The standard InChI is InChI=1S/C15H29NO2/c1-3-4-5-6-9-12-15(2,14(17)18)16-13-10-7-8-11-13/h13,16H,3-12H2,1-2H3,(H,17,18). The number of unbranched alkanes of at least 4 members (excludes halogenated alkanes) is 4. The monoisotopic (exact) mass is 255 g/mol. The molecular weight excluding hydrogens is 226 g/mol. The molecule has 1 saturated carbocycles. The van der Waals surface area contributed by atoms with Crippen LogP contribution in [0, 0.1) is 0 Å². The molecule has 1 unspecified atom stereocenters. The van der Waals surface area contributed by atoms with Crippen molar-refractivity contribution in [3.8, 4) is 0 Å². The van der Waals surface area contributed by atoms with Gasteiger partial charge < -0.3 is 5.11 Å². The Morgan fingerprint density at radius 1 is 1.22 bits per heavy atom. The van der Waals surface area contributed by atoms with Crippen molar-refractivity contribution in [2.45, 2.75) is 89.6 Å². The van der Waals surface area contributed by atoms with Crippen LogP contribution in [0.1, 0.15) is 78.1 Å². The second-order valence-corrected chi connectivity index (χ2v) is 5.93. The summed E-state index contributed by atoms with van der Waals surface area (Å²) in [5.41, 5.74) is -0.721. The molecule has 18 heavy (non-hydrogen) atoms. The predicted molar refractivity (Wildman–Crippen MR) is 74.8 cm³/mol. The molecule has 0 aliphatic heterocycles. The highest BCUT2D eigenvalue weighted by molar-refractivity contribution is 5.78. The molecule has 1 fully saturated rings. The fourth-order valence-corrected chi connectivity index (χ4v) is 2.84. The van der Waals surface area contributed by atoms with E-state index in [4.69, 9.17) is 0 Å². The van der Waals surface area contributed by atoms with Crippen LogP contribution < -0.4 is 5.32 Å². The fraction of sp³-hybridized carbons (Fsp3) is 0.933. The van der Waals surface area contributed by atoms with Gasteiger partial charge in [-0.05, 0) is 26.2 Å². The molecule has 0 aromatic carbocycles. The van der Waals surface area contributed by atoms with E-state index in [1.54, 1.807) is 0 Å². The summed E-state index contributed by atoms with van der Waals surface area (Å²) in [7, 11) is 0. The van der Waals surface area contributed by atoms with Crippen LogP contribution in [0.3, 0.4) is 0 Å². The van der Waals surface area contributed by atoms with E-state index in [2.05, 4.69) is 12.2 Å². The highest BCUT2D eigenvalue weighted by atomic mass is 16.4. The second kappa shape index (κ2) is 7.78. The van der Waals surface area contributed by atoms with E-state index in [1.165, 1.54) is 32.1 Å². The van der Waals surface area contributed by atoms with E-state index in [0.717, 1.165) is 32.1 Å². The van der Waals surface area contributed by atoms with Crippen LogP contribution in [0.2, 0.25) is 0 Å². The van der Waals surface area contributed by atoms with Gasteiger partial charge in [-0.3, -0.25) is 10.1 Å². The number of carbonyl (C=O) groups is 1. The van der Waals surface area contributed by atoms with Gasteiger partial charge in [-0.2, -0.15) is 0 Å². The summed E-state index contributed by atoms with van der Waals surface area (Å²) in [6, 6.07) is 0.418. The Bertz CT molecular complexity index is 249. The quantitative estimate of drug-likeness (QED) is 0.617. The molecule has 0 aromatic rings. The van der Waals surface area contributed by atoms with Gasteiger partial charge in [0, 0.05) is 6.04 Å². The zero-order valence-corrected chi connectivity index (χ0v) is 12.0. The van der Waals surface area contributed by atoms with Crippen LogP contribution in [0.5, 0.6) is 0 Å². The minimum atomic E-state index is -0.721. The first-order valence-electron chi connectivity index (χ1n) is 7.59. The predicted octanol–water partition coefficient (Wildman–Crippen LogP) is 3.72. The summed E-state index contributed by atoms with van der Waals surface area (Å²) in [6.45, 7) is 4.05. The van der Waals surface area contributed by atoms with E-state index in [-0.39, 0.29) is 0 Å². The van der Waals surface area contributed by atoms with E-state index < -0.39 is 11.5 Å². The highest BCUT2D eigenvalue weighted by Gasteiger charge is 2.35. The molecule has 1 rings (SSSR count). The first kappa shape index (κ1) is 15.5. The largest absolute Gasteiger partial charge is 0.480 e. The Hall–Kier alpha value is -0.570. The van der Waals surface area contributed by atoms with Crippen molar-refractivity contribution in [3.63, 3.8) is 0 Å². The number of carboxylic acid groups (broad SMARTS) is 1. The molecule has 1 atom stereocenters. The summed E-state index contributed by atoms with van der Waals surface area (Å²) >= 11 is 0. The summed E-state index contributed by atoms with van der Waals surface area (Å²) in [5.74, 6) is -0.690. The third kappa shape index (κ3) is 4.97. The normalized spacial score (nSPS) is 19.9. The summed E-state index contributed by atoms with van der Waals surface area (Å²) in [6.07, 6.45) is 11.4. The van der Waals surface area contributed by atoms with Crippen molar-refractivity contribution >= 4 is 5.97 Å². The summed E-state index contributed by atoms with van der Waals surface area (Å²) < 4.78 is 0. The highest BCUT2D eigenvalue weighted by Crippen LogP contribution is 2.23. The van der Waals surface area contributed by atoms with Gasteiger partial charge in [0.1, 0.15) is 5.54 Å². The van der Waals surface area contributed by atoms with Crippen molar-refractivity contribution in [1.29, 1.82) is 0 Å². The smallest absolute Gasteiger partial charge is 0.323 e. The number of aliphatic carboxylic acids is 1. The summed E-state index contributed by atoms with van der Waals surface area (Å²) in [5, 5.41) is 12.8. The Balaban J connectivity index is 2.34. The maximum absolute atomic E-state index is 11.5. The van der Waals surface area contributed by atoms with E-state index in [0.29, 0.717) is 6.04 Å². The molecule has 3 nitrogen and oxygen atoms in total. The van der Waals surface area contributed by atoms with Crippen molar-refractivity contribution < 1.29 is 9.90 Å². The Kier molecular flexibility index (Phi) is 6.69. The van der Waals surface area contributed by atoms with Crippen molar-refractivity contribution in [1.82, 2.24) is 5.32 Å². The molecule has 0 bridgehead atoms. The number of carboxylic acids is 1. The Morgan fingerprint density at radius 2 is 1.83 bits per heavy atom. The van der Waals surface area contributed by atoms with Gasteiger partial charge in [0.15, 0.2) is 0 Å². The van der Waals surface area contributed by atoms with Crippen LogP contribution in [0.4, 0.5) is 0 Å². The molecule has 1 aliphatic carbocycles. The average molecular weight is 255 g/mol. The second-order valence-electron chi connectivity index (χ2n) is 5.93. The lowest BCUT2D eigenvalue weighted by molar-refractivity contribution is -0.144. The molecule has 0 saturated heterocycles. The van der Waals surface area contributed by atoms with Gasteiger partial charge in [0.25, 0.3) is 0 Å². The number of hydrogen-bond acceptors (Lipinski definition) is 2. The topological polar surface area (TPSA) is 49.3 Å². The number of nitrogens with one attached hydrogen (secondary N) is 1. The van der Waals surface area contributed by atoms with Gasteiger partial charge in [0.05, 0.1) is 0 Å². The zero-order chi connectivity index (χ0) is 13.4. The third-order valence-electron chi connectivity index (χ3n) is 4.13. The molecule has 106 valence electrons. The van der Waals surface area contributed by atoms with Gasteiger partial charge >= 0.3 is 5.97 Å². The Labute approximate surface area is 111 Å². The number of hydrogen-bond donors (Lipinski definition) is 2. The first-order chi connectivity index (χ1) is 8.58. The van der Waals surface area contributed by atoms with E-state index in [1.807, 2.05) is 6.92 Å². The SMILES string of the molecule is CCCCCCCC(C)(NC1CCCC1)C(=O)O. The fourth-order valence-electron chi connectivity index (χ4n) is 2.84. The lowest BCUT2D eigenvalue weighted by Crippen LogP contribution is -2.53. The molecule has 3 heteroatoms. The van der Waals surface area contributed by atoms with Crippen LogP contribution in [-0.2, 0) is 4.79 Å². The van der Waals surface area contributed by atoms with Gasteiger partial charge in [-0.25, -0.2) is 0 Å². The maximum Gasteiger partial charge on any atom is 0.323 e. The molecular formula is C15H29NO2. The summed E-state index contributed by atoms with van der Waals surface area (Å²) in [4.78, 5) is 11.5. The van der Waals surface area contributed by atoms with Crippen LogP contribution in [-0.4, -0.2) is 22.7 Å². The lowest BCUT2D eigenvalue weighted by Gasteiger charge is -2.30. The molecule has 0 amide bonds. The molecule has 2 N–H and O–H groups in total. The van der Waals surface area contributed by atoms with Crippen LogP contribution in [0.15, 0.2) is 0 Å². The third-order valence-corrected chi connectivity index (χ3v) is 4.13. The van der Waals surface area contributed by atoms with E-state index in [9.17, 15) is 9.90 Å². The maximum atomic E-state index is 11.5. The van der Waals surface area contributed by atoms with Crippen molar-refractivity contribution in [2.24, 2.45) is 0 Å². The van der Waals surface area contributed by atoms with Gasteiger partial charge in [0.2, 0.25) is 0 Å². The Morgan fingerprint density at radius 3 is 2.39 bits per heavy atom. The number of rotatable bonds is 9. The van der Waals surface area contributed by atoms with Gasteiger partial charge in [-0.15, -0.1) is 0 Å². The van der Waals surface area contributed by atoms with Gasteiger partial charge in [-0.1, -0.05) is 51.9 Å². The average Bonchev–Trinajstić information content (AvgIpc) is 2.81. The molecule has 0 heterocycles. The van der Waals surface area contributed by atoms with Crippen molar-refractivity contribution in [2.75, 3.05) is 0 Å². The van der Waals surface area contributed by atoms with Crippen molar-refractivity contribution in [3.05, 3.63) is 0 Å². The minimum Gasteiger partial charge on any atom is -0.480 e. The molecule has 0 radical (unpaired) electrons. The molecule has 0 aromatic heterocycles. The molecule has 0 spiro atoms. The van der Waals surface area contributed by atoms with Crippen LogP contribution in [0.25, 0.3) is 0 Å². The molecule has 1 aliphatic rings. The zero-order valence-electron chi connectivity index (χ0n) is 12.0. The first-order valence-corrected chi connectivity index (χ1v) is 7.59.